The fourth-order valence-corrected chi connectivity index (χ4v) is 1.45. The van der Waals surface area contributed by atoms with Gasteiger partial charge in [0, 0.05) is 0 Å². The highest BCUT2D eigenvalue weighted by molar-refractivity contribution is 7.80. The van der Waals surface area contributed by atoms with Crippen LogP contribution in [-0.4, -0.2) is 22.4 Å². The highest BCUT2D eigenvalue weighted by Gasteiger charge is 2.17. The van der Waals surface area contributed by atoms with Gasteiger partial charge in [0.25, 0.3) is 0 Å². The summed E-state index contributed by atoms with van der Waals surface area (Å²) >= 11 is 5.01. The lowest BCUT2D eigenvalue weighted by Gasteiger charge is -2.25. The summed E-state index contributed by atoms with van der Waals surface area (Å²) in [6.45, 7) is 3.52. The van der Waals surface area contributed by atoms with Crippen molar-refractivity contribution in [2.45, 2.75) is 19.4 Å². The van der Waals surface area contributed by atoms with Gasteiger partial charge in [-0.2, -0.15) is 0 Å². The van der Waals surface area contributed by atoms with Crippen molar-refractivity contribution in [3.8, 4) is 0 Å². The zero-order valence-corrected chi connectivity index (χ0v) is 10.1. The average Bonchev–Trinajstić information content (AvgIpc) is 2.21. The minimum absolute atomic E-state index is 0.0634. The lowest BCUT2D eigenvalue weighted by molar-refractivity contribution is 0.207. The molecule has 1 aromatic rings. The van der Waals surface area contributed by atoms with Crippen LogP contribution in [-0.2, 0) is 0 Å². The Balaban J connectivity index is 2.62. The second-order valence-corrected chi connectivity index (χ2v) is 4.51. The van der Waals surface area contributed by atoms with Crippen LogP contribution >= 0.6 is 12.2 Å². The number of hydrogen-bond acceptors (Lipinski definition) is 2. The maximum absolute atomic E-state index is 13.3. The third-order valence-electron chi connectivity index (χ3n) is 1.97. The number of halogens is 1. The molecule has 0 saturated carbocycles. The van der Waals surface area contributed by atoms with Crippen LogP contribution in [0.15, 0.2) is 24.3 Å². The van der Waals surface area contributed by atoms with Crippen LogP contribution < -0.4 is 10.6 Å². The Morgan fingerprint density at radius 1 is 1.44 bits per heavy atom. The highest BCUT2D eigenvalue weighted by Crippen LogP contribution is 2.12. The van der Waals surface area contributed by atoms with E-state index in [0.717, 1.165) is 0 Å². The minimum Gasteiger partial charge on any atom is -0.394 e. The Morgan fingerprint density at radius 2 is 2.06 bits per heavy atom. The molecule has 0 fully saturated rings. The van der Waals surface area contributed by atoms with Crippen molar-refractivity contribution in [3.05, 3.63) is 30.1 Å². The molecule has 0 saturated heterocycles. The van der Waals surface area contributed by atoms with Crippen molar-refractivity contribution in [1.82, 2.24) is 5.32 Å². The van der Waals surface area contributed by atoms with E-state index in [0.29, 0.717) is 5.69 Å². The molecule has 5 heteroatoms. The quantitative estimate of drug-likeness (QED) is 0.708. The number of nitrogens with one attached hydrogen (secondary N) is 2. The molecule has 16 heavy (non-hydrogen) atoms. The third-order valence-corrected chi connectivity index (χ3v) is 2.17. The smallest absolute Gasteiger partial charge is 0.171 e. The first-order valence-electron chi connectivity index (χ1n) is 4.89. The largest absolute Gasteiger partial charge is 0.394 e. The van der Waals surface area contributed by atoms with Gasteiger partial charge in [0.15, 0.2) is 5.11 Å². The number of aliphatic hydroxyl groups is 1. The second-order valence-electron chi connectivity index (χ2n) is 4.10. The van der Waals surface area contributed by atoms with Gasteiger partial charge in [-0.25, -0.2) is 4.39 Å². The second kappa shape index (κ2) is 5.23. The lowest BCUT2D eigenvalue weighted by Crippen LogP contribution is -2.48. The molecule has 1 aromatic carbocycles. The molecule has 0 aromatic heterocycles. The van der Waals surface area contributed by atoms with E-state index in [1.807, 2.05) is 0 Å². The zero-order chi connectivity index (χ0) is 12.2. The lowest BCUT2D eigenvalue weighted by atomic mass is 10.1. The molecule has 88 valence electrons. The molecule has 0 aliphatic heterocycles. The van der Waals surface area contributed by atoms with Gasteiger partial charge in [0.1, 0.15) is 5.82 Å². The van der Waals surface area contributed by atoms with Crippen LogP contribution in [0, 0.1) is 5.82 Å². The summed E-state index contributed by atoms with van der Waals surface area (Å²) < 4.78 is 13.3. The topological polar surface area (TPSA) is 44.3 Å². The Labute approximate surface area is 99.7 Å². The number of para-hydroxylation sites is 1. The van der Waals surface area contributed by atoms with E-state index >= 15 is 0 Å². The van der Waals surface area contributed by atoms with Gasteiger partial charge in [0.05, 0.1) is 17.8 Å². The molecule has 3 N–H and O–H groups in total. The normalized spacial score (nSPS) is 11.0. The Morgan fingerprint density at radius 3 is 2.62 bits per heavy atom. The maximum atomic E-state index is 13.3. The molecule has 0 heterocycles. The summed E-state index contributed by atoms with van der Waals surface area (Å²) in [5.74, 6) is -0.367. The van der Waals surface area contributed by atoms with Crippen LogP contribution in [0.4, 0.5) is 10.1 Å². The maximum Gasteiger partial charge on any atom is 0.171 e. The van der Waals surface area contributed by atoms with E-state index in [1.165, 1.54) is 6.07 Å². The number of anilines is 1. The number of benzene rings is 1. The number of thiocarbonyl (C=S) groups is 1. The van der Waals surface area contributed by atoms with E-state index in [4.69, 9.17) is 17.3 Å². The fourth-order valence-electron chi connectivity index (χ4n) is 1.06. The summed E-state index contributed by atoms with van der Waals surface area (Å²) in [7, 11) is 0. The predicted molar refractivity (Wildman–Crippen MR) is 66.9 cm³/mol. The molecule has 1 rings (SSSR count). The predicted octanol–water partition coefficient (Wildman–Crippen LogP) is 1.88. The van der Waals surface area contributed by atoms with Crippen molar-refractivity contribution < 1.29 is 9.50 Å². The van der Waals surface area contributed by atoms with Gasteiger partial charge in [-0.3, -0.25) is 0 Å². The Kier molecular flexibility index (Phi) is 4.20. The van der Waals surface area contributed by atoms with Gasteiger partial charge in [0.2, 0.25) is 0 Å². The van der Waals surface area contributed by atoms with Crippen molar-refractivity contribution in [1.29, 1.82) is 0 Å². The van der Waals surface area contributed by atoms with E-state index in [-0.39, 0.29) is 17.5 Å². The molecule has 0 aliphatic carbocycles. The summed E-state index contributed by atoms with van der Waals surface area (Å²) in [6, 6.07) is 6.26. The van der Waals surface area contributed by atoms with Gasteiger partial charge in [-0.15, -0.1) is 0 Å². The average molecular weight is 242 g/mol. The first-order chi connectivity index (χ1) is 7.44. The van der Waals surface area contributed by atoms with Crippen molar-refractivity contribution >= 4 is 23.0 Å². The molecule has 3 nitrogen and oxygen atoms in total. The fraction of sp³-hybridized carbons (Fsp3) is 0.364. The molecule has 0 amide bonds. The minimum atomic E-state index is -0.532. The molecule has 0 radical (unpaired) electrons. The third kappa shape index (κ3) is 3.75. The molecule has 0 unspecified atom stereocenters. The van der Waals surface area contributed by atoms with Crippen molar-refractivity contribution in [3.63, 3.8) is 0 Å². The van der Waals surface area contributed by atoms with E-state index < -0.39 is 5.54 Å². The molecule has 0 aliphatic rings. The van der Waals surface area contributed by atoms with Crippen LogP contribution in [0.25, 0.3) is 0 Å². The van der Waals surface area contributed by atoms with E-state index in [1.54, 1.807) is 32.0 Å². The molecule has 0 bridgehead atoms. The summed E-state index contributed by atoms with van der Waals surface area (Å²) in [5.41, 5.74) is -0.219. The number of hydrogen-bond donors (Lipinski definition) is 3. The van der Waals surface area contributed by atoms with E-state index in [2.05, 4.69) is 10.6 Å². The van der Waals surface area contributed by atoms with Crippen LogP contribution in [0.3, 0.4) is 0 Å². The molecular formula is C11H15FN2OS. The standard InChI is InChI=1S/C11H15FN2OS/c1-11(2,7-15)14-10(16)13-9-6-4-3-5-8(9)12/h3-6,15H,7H2,1-2H3,(H2,13,14,16). The zero-order valence-electron chi connectivity index (χ0n) is 9.25. The summed E-state index contributed by atoms with van der Waals surface area (Å²) in [6.07, 6.45) is 0. The Bertz CT molecular complexity index is 382. The van der Waals surface area contributed by atoms with Gasteiger partial charge < -0.3 is 15.7 Å². The first-order valence-corrected chi connectivity index (χ1v) is 5.30. The van der Waals surface area contributed by atoms with Crippen LogP contribution in [0.1, 0.15) is 13.8 Å². The van der Waals surface area contributed by atoms with Gasteiger partial charge in [-0.05, 0) is 38.2 Å². The van der Waals surface area contributed by atoms with E-state index in [9.17, 15) is 4.39 Å². The number of rotatable bonds is 3. The molecule has 0 atom stereocenters. The molecular weight excluding hydrogens is 227 g/mol. The van der Waals surface area contributed by atoms with Crippen molar-refractivity contribution in [2.24, 2.45) is 0 Å². The highest BCUT2D eigenvalue weighted by atomic mass is 32.1. The SMILES string of the molecule is CC(C)(CO)NC(=S)Nc1ccccc1F. The summed E-state index contributed by atoms with van der Waals surface area (Å²) in [5, 5.41) is 14.9. The number of aliphatic hydroxyl groups excluding tert-OH is 1. The molecule has 0 spiro atoms. The van der Waals surface area contributed by atoms with Gasteiger partial charge in [-0.1, -0.05) is 12.1 Å². The monoisotopic (exact) mass is 242 g/mol. The summed E-state index contributed by atoms with van der Waals surface area (Å²) in [4.78, 5) is 0. The van der Waals surface area contributed by atoms with Crippen molar-refractivity contribution in [2.75, 3.05) is 11.9 Å². The Hall–Kier alpha value is -1.20. The van der Waals surface area contributed by atoms with Gasteiger partial charge >= 0.3 is 0 Å². The van der Waals surface area contributed by atoms with Crippen LogP contribution in [0.2, 0.25) is 0 Å². The first kappa shape index (κ1) is 12.9. The van der Waals surface area contributed by atoms with Crippen LogP contribution in [0.5, 0.6) is 0 Å².